The van der Waals surface area contributed by atoms with Crippen LogP contribution in [0.15, 0.2) is 21.7 Å². The fourth-order valence-electron chi connectivity index (χ4n) is 1.69. The quantitative estimate of drug-likeness (QED) is 0.803. The molecule has 1 aliphatic heterocycles. The van der Waals surface area contributed by atoms with Gasteiger partial charge in [-0.3, -0.25) is 9.20 Å². The molecule has 1 saturated carbocycles. The molecule has 0 aromatic carbocycles. The van der Waals surface area contributed by atoms with E-state index in [0.717, 1.165) is 0 Å². The van der Waals surface area contributed by atoms with Crippen LogP contribution in [0, 0.1) is 5.95 Å². The lowest BCUT2D eigenvalue weighted by molar-refractivity contribution is 0.502. The number of nitrogens with zero attached hydrogens (tertiary/aromatic N) is 2. The van der Waals surface area contributed by atoms with E-state index in [1.165, 1.54) is 31.5 Å². The van der Waals surface area contributed by atoms with E-state index in [-0.39, 0.29) is 17.2 Å². The van der Waals surface area contributed by atoms with E-state index in [1.54, 1.807) is 0 Å². The molecule has 21 heavy (non-hydrogen) atoms. The van der Waals surface area contributed by atoms with Crippen molar-refractivity contribution in [3.63, 3.8) is 0 Å². The number of rotatable bonds is 2. The topological polar surface area (TPSA) is 68.3 Å². The number of alkyl halides is 1. The molecule has 1 fully saturated rings. The lowest BCUT2D eigenvalue weighted by Gasteiger charge is -2.23. The highest BCUT2D eigenvalue weighted by molar-refractivity contribution is 9.10. The summed E-state index contributed by atoms with van der Waals surface area (Å²) in [7, 11) is -1.49. The van der Waals surface area contributed by atoms with Gasteiger partial charge in [-0.1, -0.05) is 19.3 Å². The van der Waals surface area contributed by atoms with Crippen LogP contribution in [-0.4, -0.2) is 32.7 Å². The third kappa shape index (κ3) is 4.54. The first kappa shape index (κ1) is 16.5. The second kappa shape index (κ2) is 7.40. The van der Waals surface area contributed by atoms with Gasteiger partial charge >= 0.3 is 0 Å². The molecule has 0 saturated heterocycles. The molecule has 3 rings (SSSR count). The Morgan fingerprint density at radius 2 is 2.10 bits per heavy atom. The standard InChI is InChI=1S/C10H10BrF2N3OS.C3H6/c11-5-1-6(9(13)15-3-5)7-4-18(17)8(2-12)10(14)16-7;1-2-3-1/h1,3,7-8H,2,4H2,(H2,14,16);1-3H2. The molecular formula is C13H16BrF2N3OS. The number of halogens is 3. The summed E-state index contributed by atoms with van der Waals surface area (Å²) in [4.78, 5) is 7.56. The summed E-state index contributed by atoms with van der Waals surface area (Å²) in [6.07, 6.45) is 5.82. The molecule has 3 unspecified atom stereocenters. The summed E-state index contributed by atoms with van der Waals surface area (Å²) < 4.78 is 38.5. The summed E-state index contributed by atoms with van der Waals surface area (Å²) in [6, 6.07) is 0.829. The molecule has 116 valence electrons. The molecule has 0 bridgehead atoms. The molecule has 1 aromatic rings. The highest BCUT2D eigenvalue weighted by Gasteiger charge is 2.31. The Labute approximate surface area is 132 Å². The summed E-state index contributed by atoms with van der Waals surface area (Å²) in [5.74, 6) is -0.674. The maximum Gasteiger partial charge on any atom is 0.218 e. The molecule has 0 radical (unpaired) electrons. The minimum absolute atomic E-state index is 0.0357. The van der Waals surface area contributed by atoms with Crippen LogP contribution in [0.3, 0.4) is 0 Å². The molecule has 1 aromatic heterocycles. The molecule has 3 atom stereocenters. The molecule has 1 aliphatic carbocycles. The minimum Gasteiger partial charge on any atom is -0.386 e. The van der Waals surface area contributed by atoms with Crippen LogP contribution in [0.5, 0.6) is 0 Å². The van der Waals surface area contributed by atoms with Crippen molar-refractivity contribution >= 4 is 32.6 Å². The smallest absolute Gasteiger partial charge is 0.218 e. The zero-order chi connectivity index (χ0) is 15.4. The normalized spacial score (nSPS) is 27.4. The Bertz CT molecular complexity index is 566. The van der Waals surface area contributed by atoms with E-state index >= 15 is 0 Å². The van der Waals surface area contributed by atoms with Crippen molar-refractivity contribution in [3.05, 3.63) is 28.2 Å². The first-order valence-electron chi connectivity index (χ1n) is 6.60. The van der Waals surface area contributed by atoms with Crippen LogP contribution < -0.4 is 5.73 Å². The van der Waals surface area contributed by atoms with Crippen molar-refractivity contribution in [2.45, 2.75) is 30.6 Å². The summed E-state index contributed by atoms with van der Waals surface area (Å²) >= 11 is 3.17. The first-order valence-corrected chi connectivity index (χ1v) is 8.77. The van der Waals surface area contributed by atoms with E-state index in [1.807, 2.05) is 0 Å². The number of pyridine rings is 1. The molecule has 2 heterocycles. The van der Waals surface area contributed by atoms with Gasteiger partial charge in [0.1, 0.15) is 17.8 Å². The van der Waals surface area contributed by atoms with Gasteiger partial charge in [0, 0.05) is 27.0 Å². The number of nitrogens with two attached hydrogens (primary N) is 1. The van der Waals surface area contributed by atoms with Gasteiger partial charge in [-0.2, -0.15) is 4.39 Å². The molecule has 0 amide bonds. The van der Waals surface area contributed by atoms with Gasteiger partial charge < -0.3 is 5.73 Å². The zero-order valence-corrected chi connectivity index (χ0v) is 13.7. The van der Waals surface area contributed by atoms with Gasteiger partial charge in [-0.25, -0.2) is 9.37 Å². The molecule has 2 N–H and O–H groups in total. The van der Waals surface area contributed by atoms with Crippen molar-refractivity contribution < 1.29 is 13.0 Å². The molecule has 0 spiro atoms. The SMILES string of the molecule is C1CC1.NC1=NC(c2cc(Br)cnc2F)CS(=O)C1CF. The number of aliphatic imine (C=N–C) groups is 1. The second-order valence-electron chi connectivity index (χ2n) is 4.85. The third-order valence-corrected chi connectivity index (χ3v) is 5.04. The molecule has 4 nitrogen and oxygen atoms in total. The van der Waals surface area contributed by atoms with Gasteiger partial charge in [-0.15, -0.1) is 0 Å². The van der Waals surface area contributed by atoms with E-state index in [2.05, 4.69) is 25.9 Å². The van der Waals surface area contributed by atoms with Crippen LogP contribution >= 0.6 is 15.9 Å². The van der Waals surface area contributed by atoms with Crippen molar-refractivity contribution in [2.75, 3.05) is 12.4 Å². The van der Waals surface area contributed by atoms with Gasteiger partial charge in [-0.05, 0) is 22.0 Å². The highest BCUT2D eigenvalue weighted by atomic mass is 79.9. The Morgan fingerprint density at radius 1 is 1.43 bits per heavy atom. The predicted octanol–water partition coefficient (Wildman–Crippen LogP) is 2.65. The van der Waals surface area contributed by atoms with Crippen LogP contribution in [0.4, 0.5) is 8.78 Å². The Morgan fingerprint density at radius 3 is 2.62 bits per heavy atom. The van der Waals surface area contributed by atoms with Gasteiger partial charge in [0.25, 0.3) is 0 Å². The number of hydrogen-bond donors (Lipinski definition) is 1. The van der Waals surface area contributed by atoms with Gasteiger partial charge in [0.15, 0.2) is 0 Å². The van der Waals surface area contributed by atoms with Crippen LogP contribution in [0.1, 0.15) is 30.9 Å². The minimum atomic E-state index is -1.49. The first-order chi connectivity index (χ1) is 10.0. The van der Waals surface area contributed by atoms with E-state index < -0.39 is 34.7 Å². The monoisotopic (exact) mass is 379 g/mol. The second-order valence-corrected chi connectivity index (χ2v) is 7.43. The van der Waals surface area contributed by atoms with Crippen LogP contribution in [0.2, 0.25) is 0 Å². The Hall–Kier alpha value is -0.890. The lowest BCUT2D eigenvalue weighted by Crippen LogP contribution is -2.40. The van der Waals surface area contributed by atoms with Crippen molar-refractivity contribution in [2.24, 2.45) is 10.7 Å². The zero-order valence-electron chi connectivity index (χ0n) is 11.3. The maximum atomic E-state index is 13.6. The maximum absolute atomic E-state index is 13.6. The van der Waals surface area contributed by atoms with E-state index in [9.17, 15) is 13.0 Å². The van der Waals surface area contributed by atoms with Crippen molar-refractivity contribution in [1.29, 1.82) is 0 Å². The fourth-order valence-corrected chi connectivity index (χ4v) is 3.30. The van der Waals surface area contributed by atoms with E-state index in [4.69, 9.17) is 5.73 Å². The van der Waals surface area contributed by atoms with Crippen LogP contribution in [-0.2, 0) is 10.8 Å². The molecule has 8 heteroatoms. The predicted molar refractivity (Wildman–Crippen MR) is 82.9 cm³/mol. The number of hydrogen-bond acceptors (Lipinski definition) is 4. The number of aromatic nitrogens is 1. The number of amidine groups is 1. The van der Waals surface area contributed by atoms with Gasteiger partial charge in [0.2, 0.25) is 5.95 Å². The average molecular weight is 380 g/mol. The van der Waals surface area contributed by atoms with E-state index in [0.29, 0.717) is 4.47 Å². The average Bonchev–Trinajstić information content (AvgIpc) is 3.29. The van der Waals surface area contributed by atoms with Crippen molar-refractivity contribution in [1.82, 2.24) is 4.98 Å². The van der Waals surface area contributed by atoms with Crippen molar-refractivity contribution in [3.8, 4) is 0 Å². The Balaban J connectivity index is 0.000000477. The largest absolute Gasteiger partial charge is 0.386 e. The summed E-state index contributed by atoms with van der Waals surface area (Å²) in [5.41, 5.74) is 5.76. The summed E-state index contributed by atoms with van der Waals surface area (Å²) in [6.45, 7) is -0.826. The highest BCUT2D eigenvalue weighted by Crippen LogP contribution is 2.27. The van der Waals surface area contributed by atoms with Gasteiger partial charge in [0.05, 0.1) is 11.8 Å². The fraction of sp³-hybridized carbons (Fsp3) is 0.538. The Kier molecular flexibility index (Phi) is 5.80. The lowest BCUT2D eigenvalue weighted by atomic mass is 10.1. The molecular weight excluding hydrogens is 364 g/mol. The third-order valence-electron chi connectivity index (χ3n) is 2.96. The molecule has 2 aliphatic rings. The summed E-state index contributed by atoms with van der Waals surface area (Å²) in [5, 5.41) is -0.885. The van der Waals surface area contributed by atoms with Crippen LogP contribution in [0.25, 0.3) is 0 Å².